The molecule has 0 unspecified atom stereocenters. The zero-order valence-electron chi connectivity index (χ0n) is 17.1. The first-order valence-electron chi connectivity index (χ1n) is 10.2. The molecule has 1 aliphatic carbocycles. The molecule has 2 atom stereocenters. The second kappa shape index (κ2) is 9.29. The summed E-state index contributed by atoms with van der Waals surface area (Å²) in [5.41, 5.74) is 2.93. The van der Waals surface area contributed by atoms with Crippen LogP contribution in [0.1, 0.15) is 48.3 Å². The number of nitrogens with one attached hydrogen (secondary N) is 1. The average Bonchev–Trinajstić information content (AvgIpc) is 3.44. The minimum Gasteiger partial charge on any atom is -0.460 e. The predicted octanol–water partition coefficient (Wildman–Crippen LogP) is 4.75. The maximum absolute atomic E-state index is 13.3. The molecule has 0 fully saturated rings. The molecule has 7 heteroatoms. The van der Waals surface area contributed by atoms with Crippen LogP contribution in [0.4, 0.5) is 0 Å². The smallest absolute Gasteiger partial charge is 0.336 e. The molecule has 0 radical (unpaired) electrons. The summed E-state index contributed by atoms with van der Waals surface area (Å²) in [5.74, 6) is -0.483. The van der Waals surface area contributed by atoms with Crippen molar-refractivity contribution < 1.29 is 19.1 Å². The molecule has 2 aromatic heterocycles. The average molecular weight is 444 g/mol. The molecule has 3 heterocycles. The van der Waals surface area contributed by atoms with Gasteiger partial charge in [-0.15, -0.1) is 22.7 Å². The van der Waals surface area contributed by atoms with Gasteiger partial charge in [0.2, 0.25) is 0 Å². The summed E-state index contributed by atoms with van der Waals surface area (Å²) in [4.78, 5) is 28.6. The summed E-state index contributed by atoms with van der Waals surface area (Å²) in [6.07, 6.45) is 1.24. The van der Waals surface area contributed by atoms with Crippen LogP contribution in [-0.2, 0) is 19.1 Å². The number of hydrogen-bond acceptors (Lipinski definition) is 7. The van der Waals surface area contributed by atoms with E-state index in [2.05, 4.69) is 11.4 Å². The first kappa shape index (κ1) is 21.0. The maximum atomic E-state index is 13.3. The minimum atomic E-state index is -0.391. The second-order valence-corrected chi connectivity index (χ2v) is 9.34. The lowest BCUT2D eigenvalue weighted by Crippen LogP contribution is -2.36. The summed E-state index contributed by atoms with van der Waals surface area (Å²) < 4.78 is 10.8. The quantitative estimate of drug-likeness (QED) is 0.494. The van der Waals surface area contributed by atoms with Crippen LogP contribution < -0.4 is 5.32 Å². The number of esters is 1. The molecule has 0 saturated carbocycles. The Kier molecular flexibility index (Phi) is 6.51. The van der Waals surface area contributed by atoms with E-state index in [-0.39, 0.29) is 24.2 Å². The number of dihydropyridines is 1. The van der Waals surface area contributed by atoms with Crippen LogP contribution in [0.15, 0.2) is 57.6 Å². The maximum Gasteiger partial charge on any atom is 0.336 e. The fourth-order valence-electron chi connectivity index (χ4n) is 4.19. The number of hydrogen-bond donors (Lipinski definition) is 1. The molecule has 4 rings (SSSR count). The highest BCUT2D eigenvalue weighted by Crippen LogP contribution is 2.47. The van der Waals surface area contributed by atoms with E-state index in [9.17, 15) is 9.59 Å². The van der Waals surface area contributed by atoms with Gasteiger partial charge in [0.1, 0.15) is 6.61 Å². The topological polar surface area (TPSA) is 64.6 Å². The van der Waals surface area contributed by atoms with Crippen molar-refractivity contribution in [3.05, 3.63) is 67.3 Å². The largest absolute Gasteiger partial charge is 0.460 e. The molecule has 30 heavy (non-hydrogen) atoms. The number of ketones is 1. The van der Waals surface area contributed by atoms with Gasteiger partial charge < -0.3 is 14.8 Å². The van der Waals surface area contributed by atoms with Gasteiger partial charge >= 0.3 is 5.97 Å². The van der Waals surface area contributed by atoms with Gasteiger partial charge in [0, 0.05) is 45.7 Å². The van der Waals surface area contributed by atoms with Crippen molar-refractivity contribution in [1.82, 2.24) is 5.32 Å². The Hall–Kier alpha value is -2.22. The van der Waals surface area contributed by atoms with Crippen LogP contribution in [0.5, 0.6) is 0 Å². The van der Waals surface area contributed by atoms with Crippen molar-refractivity contribution in [3.63, 3.8) is 0 Å². The second-order valence-electron chi connectivity index (χ2n) is 7.38. The molecule has 2 aliphatic rings. The summed E-state index contributed by atoms with van der Waals surface area (Å²) in [6, 6.07) is 8.07. The first-order chi connectivity index (χ1) is 14.6. The molecular formula is C23H25NO4S2. The van der Waals surface area contributed by atoms with E-state index in [1.165, 1.54) is 4.88 Å². The number of Topliss-reactive ketones (excluding diaryl/α,β-unsaturated/α-hetero) is 1. The number of carbonyl (C=O) groups is 2. The van der Waals surface area contributed by atoms with Crippen LogP contribution in [0.3, 0.4) is 0 Å². The van der Waals surface area contributed by atoms with E-state index >= 15 is 0 Å². The van der Waals surface area contributed by atoms with Gasteiger partial charge in [-0.1, -0.05) is 12.1 Å². The van der Waals surface area contributed by atoms with Gasteiger partial charge in [0.25, 0.3) is 0 Å². The number of ether oxygens (including phenoxy) is 2. The van der Waals surface area contributed by atoms with Crippen LogP contribution in [-0.4, -0.2) is 31.6 Å². The van der Waals surface area contributed by atoms with E-state index in [1.54, 1.807) is 22.7 Å². The van der Waals surface area contributed by atoms with E-state index < -0.39 is 5.97 Å². The molecule has 158 valence electrons. The number of rotatable bonds is 7. The van der Waals surface area contributed by atoms with Crippen molar-refractivity contribution in [3.8, 4) is 0 Å². The molecule has 2 aromatic rings. The van der Waals surface area contributed by atoms with Crippen molar-refractivity contribution in [2.45, 2.75) is 38.5 Å². The lowest BCUT2D eigenvalue weighted by atomic mass is 9.74. The summed E-state index contributed by atoms with van der Waals surface area (Å²) in [6.45, 7) is 4.93. The third-order valence-electron chi connectivity index (χ3n) is 5.49. The standard InChI is InChI=1S/C23H25NO4S2/c1-3-27-8-9-28-23(26)20-14(2)24-16-12-15(18-6-4-10-29-18)13-17(25)21(16)22(20)19-7-5-11-30-19/h4-7,10-11,15,22,24H,3,8-9,12-13H2,1-2H3/t15-,22+/m0/s1. The predicted molar refractivity (Wildman–Crippen MR) is 119 cm³/mol. The highest BCUT2D eigenvalue weighted by atomic mass is 32.1. The lowest BCUT2D eigenvalue weighted by molar-refractivity contribution is -0.140. The summed E-state index contributed by atoms with van der Waals surface area (Å²) in [7, 11) is 0. The molecule has 0 amide bonds. The van der Waals surface area contributed by atoms with E-state index in [0.717, 1.165) is 22.7 Å². The van der Waals surface area contributed by atoms with Gasteiger partial charge in [-0.05, 0) is 43.2 Å². The number of carbonyl (C=O) groups excluding carboxylic acids is 2. The first-order valence-corrected chi connectivity index (χ1v) is 11.9. The number of thiophene rings is 2. The third kappa shape index (κ3) is 4.15. The van der Waals surface area contributed by atoms with Gasteiger partial charge in [-0.3, -0.25) is 4.79 Å². The minimum absolute atomic E-state index is 0.104. The van der Waals surface area contributed by atoms with Crippen molar-refractivity contribution in [1.29, 1.82) is 0 Å². The van der Waals surface area contributed by atoms with Gasteiger partial charge in [-0.25, -0.2) is 4.79 Å². The Morgan fingerprint density at radius 3 is 2.53 bits per heavy atom. The molecule has 5 nitrogen and oxygen atoms in total. The Labute approximate surface area is 184 Å². The third-order valence-corrected chi connectivity index (χ3v) is 7.46. The molecule has 1 N–H and O–H groups in total. The Morgan fingerprint density at radius 1 is 1.13 bits per heavy atom. The zero-order chi connectivity index (χ0) is 21.1. The van der Waals surface area contributed by atoms with Crippen LogP contribution >= 0.6 is 22.7 Å². The van der Waals surface area contributed by atoms with Crippen LogP contribution in [0, 0.1) is 0 Å². The molecule has 1 aliphatic heterocycles. The molecule has 0 aromatic carbocycles. The normalized spacial score (nSPS) is 21.5. The fraction of sp³-hybridized carbons (Fsp3) is 0.391. The zero-order valence-corrected chi connectivity index (χ0v) is 18.7. The van der Waals surface area contributed by atoms with E-state index in [4.69, 9.17) is 9.47 Å². The van der Waals surface area contributed by atoms with Gasteiger partial charge in [0.15, 0.2) is 5.78 Å². The summed E-state index contributed by atoms with van der Waals surface area (Å²) >= 11 is 3.25. The Morgan fingerprint density at radius 2 is 1.87 bits per heavy atom. The van der Waals surface area contributed by atoms with Gasteiger partial charge in [0.05, 0.1) is 18.1 Å². The highest BCUT2D eigenvalue weighted by molar-refractivity contribution is 7.10. The molecule has 0 bridgehead atoms. The van der Waals surface area contributed by atoms with E-state index in [1.807, 2.05) is 42.8 Å². The monoisotopic (exact) mass is 443 g/mol. The SMILES string of the molecule is CCOCCOC(=O)C1=C(C)NC2=C(C(=O)C[C@@H](c3cccs3)C2)[C@@H]1c1cccs1. The molecule has 0 spiro atoms. The Balaban J connectivity index is 1.66. The molecular weight excluding hydrogens is 418 g/mol. The van der Waals surface area contributed by atoms with Crippen LogP contribution in [0.25, 0.3) is 0 Å². The van der Waals surface area contributed by atoms with Crippen molar-refractivity contribution in [2.24, 2.45) is 0 Å². The lowest BCUT2D eigenvalue weighted by Gasteiger charge is -2.35. The summed E-state index contributed by atoms with van der Waals surface area (Å²) in [5, 5.41) is 7.41. The molecule has 0 saturated heterocycles. The van der Waals surface area contributed by atoms with Crippen molar-refractivity contribution >= 4 is 34.4 Å². The van der Waals surface area contributed by atoms with E-state index in [0.29, 0.717) is 30.8 Å². The van der Waals surface area contributed by atoms with Crippen LogP contribution in [0.2, 0.25) is 0 Å². The fourth-order valence-corrected chi connectivity index (χ4v) is 5.86. The Bertz CT molecular complexity index is 973. The van der Waals surface area contributed by atoms with Gasteiger partial charge in [-0.2, -0.15) is 0 Å². The highest BCUT2D eigenvalue weighted by Gasteiger charge is 2.41. The van der Waals surface area contributed by atoms with Crippen molar-refractivity contribution in [2.75, 3.05) is 19.8 Å². The number of allylic oxidation sites excluding steroid dienone is 3.